The summed E-state index contributed by atoms with van der Waals surface area (Å²) in [6.45, 7) is 7.61. The maximum absolute atomic E-state index is 15.6. The number of benzene rings is 2. The Hall–Kier alpha value is -2.22. The van der Waals surface area contributed by atoms with Gasteiger partial charge in [-0.15, -0.1) is 0 Å². The molecule has 4 rings (SSSR count). The fourth-order valence-electron chi connectivity index (χ4n) is 4.06. The first-order valence-electron chi connectivity index (χ1n) is 10.4. The molecule has 2 aliphatic rings. The van der Waals surface area contributed by atoms with Crippen molar-refractivity contribution in [1.82, 2.24) is 9.80 Å². The van der Waals surface area contributed by atoms with Gasteiger partial charge in [0.15, 0.2) is 11.6 Å². The Balaban J connectivity index is 1.62. The first-order chi connectivity index (χ1) is 15.0. The second kappa shape index (κ2) is 8.61. The largest absolute Gasteiger partial charge is 0.507 e. The summed E-state index contributed by atoms with van der Waals surface area (Å²) < 4.78 is 27.0. The molecule has 1 amide bonds. The van der Waals surface area contributed by atoms with Crippen LogP contribution in [-0.2, 0) is 11.3 Å². The summed E-state index contributed by atoms with van der Waals surface area (Å²) in [5, 5.41) is 10.6. The third kappa shape index (κ3) is 4.47. The average Bonchev–Trinajstić information content (AvgIpc) is 2.87. The number of hydrogen-bond donors (Lipinski definition) is 1. The lowest BCUT2D eigenvalue weighted by atomic mass is 10.0. The topological polar surface area (TPSA) is 62.2 Å². The highest BCUT2D eigenvalue weighted by Gasteiger charge is 2.36. The van der Waals surface area contributed by atoms with Crippen molar-refractivity contribution in [1.29, 1.82) is 0 Å². The summed E-state index contributed by atoms with van der Waals surface area (Å²) in [6, 6.07) is 6.08. The summed E-state index contributed by atoms with van der Waals surface area (Å²) in [5.74, 6) is -0.751. The molecule has 0 saturated carbocycles. The van der Waals surface area contributed by atoms with E-state index in [4.69, 9.17) is 32.7 Å². The highest BCUT2D eigenvalue weighted by molar-refractivity contribution is 6.37. The van der Waals surface area contributed by atoms with E-state index in [2.05, 4.69) is 4.90 Å². The van der Waals surface area contributed by atoms with E-state index in [1.807, 2.05) is 20.8 Å². The highest BCUT2D eigenvalue weighted by Crippen LogP contribution is 2.45. The third-order valence-corrected chi connectivity index (χ3v) is 6.15. The Morgan fingerprint density at radius 3 is 2.66 bits per heavy atom. The van der Waals surface area contributed by atoms with Crippen LogP contribution in [0.3, 0.4) is 0 Å². The molecule has 0 radical (unpaired) electrons. The van der Waals surface area contributed by atoms with Crippen LogP contribution in [0.5, 0.6) is 11.5 Å². The van der Waals surface area contributed by atoms with Crippen LogP contribution < -0.4 is 4.74 Å². The number of amides is 1. The van der Waals surface area contributed by atoms with E-state index in [0.717, 1.165) is 0 Å². The molecule has 0 spiro atoms. The Morgan fingerprint density at radius 2 is 1.97 bits per heavy atom. The van der Waals surface area contributed by atoms with E-state index in [9.17, 15) is 9.90 Å². The standard InChI is InChI=1S/C23H25Cl2FN2O4/c1-23(2,3)32-22(30)28-8-7-27-10-13-9-16(25)19(18-15(24)5-4-6-17(18)29)20(26)21(13)31-12-14(27)11-28/h4-6,9,14,29H,7-8,10-12H2,1-3H3/t14-/m1/s1. The zero-order chi connectivity index (χ0) is 23.2. The molecule has 6 nitrogen and oxygen atoms in total. The molecule has 0 aliphatic carbocycles. The highest BCUT2D eigenvalue weighted by atomic mass is 35.5. The van der Waals surface area contributed by atoms with Gasteiger partial charge in [0.25, 0.3) is 0 Å². The predicted molar refractivity (Wildman–Crippen MR) is 121 cm³/mol. The Morgan fingerprint density at radius 1 is 1.22 bits per heavy atom. The molecule has 1 N–H and O–H groups in total. The molecule has 2 aliphatic heterocycles. The lowest BCUT2D eigenvalue weighted by Crippen LogP contribution is -2.56. The smallest absolute Gasteiger partial charge is 0.410 e. The van der Waals surface area contributed by atoms with Gasteiger partial charge in [-0.1, -0.05) is 29.3 Å². The quantitative estimate of drug-likeness (QED) is 0.595. The SMILES string of the molecule is CC(C)(C)OC(=O)N1CCN2Cc3cc(Cl)c(-c4c(O)cccc4Cl)c(F)c3OC[C@H]2C1. The van der Waals surface area contributed by atoms with E-state index < -0.39 is 11.4 Å². The van der Waals surface area contributed by atoms with Crippen LogP contribution in [0.4, 0.5) is 9.18 Å². The summed E-state index contributed by atoms with van der Waals surface area (Å²) in [7, 11) is 0. The molecule has 1 atom stereocenters. The van der Waals surface area contributed by atoms with Gasteiger partial charge in [0.05, 0.1) is 16.1 Å². The van der Waals surface area contributed by atoms with Crippen molar-refractivity contribution >= 4 is 29.3 Å². The van der Waals surface area contributed by atoms with Gasteiger partial charge in [0.2, 0.25) is 0 Å². The second-order valence-corrected chi connectivity index (χ2v) is 9.85. The van der Waals surface area contributed by atoms with Crippen LogP contribution in [-0.4, -0.2) is 58.9 Å². The van der Waals surface area contributed by atoms with Gasteiger partial charge >= 0.3 is 6.09 Å². The fourth-order valence-corrected chi connectivity index (χ4v) is 4.64. The third-order valence-electron chi connectivity index (χ3n) is 5.54. The molecule has 172 valence electrons. The Kier molecular flexibility index (Phi) is 6.18. The van der Waals surface area contributed by atoms with Gasteiger partial charge in [-0.25, -0.2) is 9.18 Å². The average molecular weight is 483 g/mol. The van der Waals surface area contributed by atoms with Crippen molar-refractivity contribution in [2.45, 2.75) is 39.0 Å². The van der Waals surface area contributed by atoms with Crippen LogP contribution in [0.25, 0.3) is 11.1 Å². The normalized spacial score (nSPS) is 18.9. The molecule has 2 heterocycles. The number of aromatic hydroxyl groups is 1. The number of piperazine rings is 1. The molecule has 32 heavy (non-hydrogen) atoms. The zero-order valence-electron chi connectivity index (χ0n) is 18.1. The van der Waals surface area contributed by atoms with E-state index in [-0.39, 0.29) is 51.4 Å². The van der Waals surface area contributed by atoms with Crippen molar-refractivity contribution in [2.24, 2.45) is 0 Å². The molecule has 0 aromatic heterocycles. The van der Waals surface area contributed by atoms with Crippen LogP contribution in [0.15, 0.2) is 24.3 Å². The van der Waals surface area contributed by atoms with Crippen molar-refractivity contribution in [3.63, 3.8) is 0 Å². The van der Waals surface area contributed by atoms with Crippen LogP contribution in [0, 0.1) is 5.82 Å². The van der Waals surface area contributed by atoms with Gasteiger partial charge in [0, 0.05) is 42.9 Å². The van der Waals surface area contributed by atoms with E-state index in [1.54, 1.807) is 23.1 Å². The van der Waals surface area contributed by atoms with Crippen LogP contribution in [0.1, 0.15) is 26.3 Å². The summed E-state index contributed by atoms with van der Waals surface area (Å²) in [5.41, 5.74) is 0.159. The number of nitrogens with zero attached hydrogens (tertiary/aromatic N) is 2. The molecule has 1 fully saturated rings. The van der Waals surface area contributed by atoms with Gasteiger partial charge in [0.1, 0.15) is 18.0 Å². The monoisotopic (exact) mass is 482 g/mol. The maximum atomic E-state index is 15.6. The summed E-state index contributed by atoms with van der Waals surface area (Å²) in [4.78, 5) is 16.3. The minimum absolute atomic E-state index is 0.00349. The van der Waals surface area contributed by atoms with E-state index >= 15 is 4.39 Å². The van der Waals surface area contributed by atoms with Gasteiger partial charge in [-0.05, 0) is 39.0 Å². The number of rotatable bonds is 1. The predicted octanol–water partition coefficient (Wildman–Crippen LogP) is 5.32. The molecular formula is C23H25Cl2FN2O4. The molecule has 0 bridgehead atoms. The maximum Gasteiger partial charge on any atom is 0.410 e. The summed E-state index contributed by atoms with van der Waals surface area (Å²) in [6.07, 6.45) is -0.371. The number of hydrogen-bond acceptors (Lipinski definition) is 5. The molecule has 1 saturated heterocycles. The molecule has 2 aromatic rings. The number of carbonyl (C=O) groups is 1. The number of phenols is 1. The number of phenolic OH excluding ortho intramolecular Hbond substituents is 1. The molecular weight excluding hydrogens is 458 g/mol. The van der Waals surface area contributed by atoms with Gasteiger partial charge < -0.3 is 19.5 Å². The Labute approximate surface area is 196 Å². The lowest BCUT2D eigenvalue weighted by molar-refractivity contribution is -0.00164. The van der Waals surface area contributed by atoms with E-state index in [0.29, 0.717) is 31.7 Å². The van der Waals surface area contributed by atoms with E-state index in [1.165, 1.54) is 6.07 Å². The fraction of sp³-hybridized carbons (Fsp3) is 0.435. The number of halogens is 3. The van der Waals surface area contributed by atoms with Gasteiger partial charge in [-0.3, -0.25) is 4.90 Å². The minimum Gasteiger partial charge on any atom is -0.507 e. The molecule has 9 heteroatoms. The summed E-state index contributed by atoms with van der Waals surface area (Å²) >= 11 is 12.7. The lowest BCUT2D eigenvalue weighted by Gasteiger charge is -2.40. The number of ether oxygens (including phenoxy) is 2. The van der Waals surface area contributed by atoms with Crippen LogP contribution in [0.2, 0.25) is 10.0 Å². The van der Waals surface area contributed by atoms with Crippen LogP contribution >= 0.6 is 23.2 Å². The van der Waals surface area contributed by atoms with Crippen molar-refractivity contribution in [2.75, 3.05) is 26.2 Å². The van der Waals surface area contributed by atoms with Crippen molar-refractivity contribution in [3.8, 4) is 22.6 Å². The first-order valence-corrected chi connectivity index (χ1v) is 11.1. The van der Waals surface area contributed by atoms with Crippen molar-refractivity contribution < 1.29 is 23.8 Å². The number of fused-ring (bicyclic) bond motifs is 2. The van der Waals surface area contributed by atoms with Crippen molar-refractivity contribution in [3.05, 3.63) is 45.7 Å². The Bertz CT molecular complexity index is 1040. The zero-order valence-corrected chi connectivity index (χ0v) is 19.6. The minimum atomic E-state index is -0.667. The second-order valence-electron chi connectivity index (χ2n) is 9.03. The number of carbonyl (C=O) groups excluding carboxylic acids is 1. The molecule has 2 aromatic carbocycles. The first kappa shape index (κ1) is 23.0. The van der Waals surface area contributed by atoms with Gasteiger partial charge in [-0.2, -0.15) is 0 Å². The molecule has 0 unspecified atom stereocenters.